The second-order valence-corrected chi connectivity index (χ2v) is 7.55. The second kappa shape index (κ2) is 6.25. The summed E-state index contributed by atoms with van der Waals surface area (Å²) in [7, 11) is 4.24. The van der Waals surface area contributed by atoms with Crippen LogP contribution >= 0.6 is 0 Å². The quantitative estimate of drug-likeness (QED) is 0.857. The third kappa shape index (κ3) is 3.26. The van der Waals surface area contributed by atoms with Gasteiger partial charge in [-0.2, -0.15) is 0 Å². The Kier molecular flexibility index (Phi) is 4.55. The lowest BCUT2D eigenvalue weighted by Crippen LogP contribution is -2.40. The van der Waals surface area contributed by atoms with Crippen LogP contribution in [0.15, 0.2) is 0 Å². The highest BCUT2D eigenvalue weighted by Crippen LogP contribution is 2.59. The summed E-state index contributed by atoms with van der Waals surface area (Å²) in [4.78, 5) is 17.1. The first kappa shape index (κ1) is 15.3. The van der Waals surface area contributed by atoms with Crippen LogP contribution in [0.4, 0.5) is 0 Å². The van der Waals surface area contributed by atoms with Crippen LogP contribution in [0, 0.1) is 11.3 Å². The molecule has 0 aromatic rings. The number of amides is 1. The fourth-order valence-electron chi connectivity index (χ4n) is 4.40. The molecule has 3 fully saturated rings. The smallest absolute Gasteiger partial charge is 0.226 e. The summed E-state index contributed by atoms with van der Waals surface area (Å²) in [6.45, 7) is 4.35. The molecule has 0 aromatic carbocycles. The molecule has 2 saturated heterocycles. The Morgan fingerprint density at radius 1 is 1.33 bits per heavy atom. The van der Waals surface area contributed by atoms with Crippen molar-refractivity contribution in [2.24, 2.45) is 11.3 Å². The van der Waals surface area contributed by atoms with E-state index in [1.807, 2.05) is 11.9 Å². The summed E-state index contributed by atoms with van der Waals surface area (Å²) in [6.07, 6.45) is 8.66. The topological polar surface area (TPSA) is 35.6 Å². The molecule has 120 valence electrons. The van der Waals surface area contributed by atoms with Crippen molar-refractivity contribution < 1.29 is 4.79 Å². The van der Waals surface area contributed by atoms with E-state index in [0.29, 0.717) is 23.3 Å². The number of rotatable bonds is 4. The highest BCUT2D eigenvalue weighted by Gasteiger charge is 2.58. The van der Waals surface area contributed by atoms with Gasteiger partial charge >= 0.3 is 0 Å². The Bertz CT molecular complexity index is 378. The van der Waals surface area contributed by atoms with E-state index in [1.54, 1.807) is 0 Å². The summed E-state index contributed by atoms with van der Waals surface area (Å²) in [5, 5.41) is 3.41. The summed E-state index contributed by atoms with van der Waals surface area (Å²) >= 11 is 0. The molecule has 0 bridgehead atoms. The molecule has 1 aliphatic carbocycles. The van der Waals surface area contributed by atoms with E-state index in [1.165, 1.54) is 38.6 Å². The molecule has 3 aliphatic rings. The van der Waals surface area contributed by atoms with Crippen molar-refractivity contribution in [3.8, 4) is 0 Å². The van der Waals surface area contributed by atoms with Gasteiger partial charge in [-0.05, 0) is 70.6 Å². The molecular formula is C17H31N3O. The van der Waals surface area contributed by atoms with Gasteiger partial charge in [0.05, 0.1) is 0 Å². The van der Waals surface area contributed by atoms with Crippen LogP contribution in [0.5, 0.6) is 0 Å². The zero-order valence-electron chi connectivity index (χ0n) is 13.7. The first-order chi connectivity index (χ1) is 10.1. The molecule has 0 radical (unpaired) electrons. The monoisotopic (exact) mass is 293 g/mol. The molecule has 2 unspecified atom stereocenters. The Balaban J connectivity index is 1.45. The number of carbonyl (C=O) groups is 1. The number of nitrogens with zero attached hydrogens (tertiary/aromatic N) is 2. The average molecular weight is 293 g/mol. The molecule has 1 saturated carbocycles. The second-order valence-electron chi connectivity index (χ2n) is 7.55. The molecule has 1 N–H and O–H groups in total. The fourth-order valence-corrected chi connectivity index (χ4v) is 4.40. The highest BCUT2D eigenvalue weighted by molar-refractivity contribution is 5.82. The number of hydrogen-bond acceptors (Lipinski definition) is 3. The van der Waals surface area contributed by atoms with Gasteiger partial charge in [-0.1, -0.05) is 6.42 Å². The molecule has 3 rings (SSSR count). The van der Waals surface area contributed by atoms with Gasteiger partial charge in [-0.25, -0.2) is 0 Å². The van der Waals surface area contributed by atoms with Gasteiger partial charge in [0, 0.05) is 25.6 Å². The predicted molar refractivity (Wildman–Crippen MR) is 85.2 cm³/mol. The van der Waals surface area contributed by atoms with Crippen molar-refractivity contribution in [3.63, 3.8) is 0 Å². The number of nitrogens with one attached hydrogen (secondary N) is 1. The van der Waals surface area contributed by atoms with Gasteiger partial charge in [-0.3, -0.25) is 4.79 Å². The summed E-state index contributed by atoms with van der Waals surface area (Å²) in [5.74, 6) is 0.740. The SMILES string of the molecule is CN(CCC1CCCCN1C)C(=O)C1CC12CCNCC2. The van der Waals surface area contributed by atoms with Crippen LogP contribution in [0.2, 0.25) is 0 Å². The molecule has 0 aromatic heterocycles. The number of carbonyl (C=O) groups excluding carboxylic acids is 1. The van der Waals surface area contributed by atoms with E-state index in [4.69, 9.17) is 0 Å². The van der Waals surface area contributed by atoms with Crippen molar-refractivity contribution in [2.75, 3.05) is 40.3 Å². The number of hydrogen-bond donors (Lipinski definition) is 1. The van der Waals surface area contributed by atoms with E-state index >= 15 is 0 Å². The van der Waals surface area contributed by atoms with Crippen molar-refractivity contribution in [1.82, 2.24) is 15.1 Å². The Morgan fingerprint density at radius 3 is 2.81 bits per heavy atom. The van der Waals surface area contributed by atoms with Crippen molar-refractivity contribution in [3.05, 3.63) is 0 Å². The Morgan fingerprint density at radius 2 is 2.10 bits per heavy atom. The zero-order valence-corrected chi connectivity index (χ0v) is 13.7. The molecule has 1 spiro atoms. The average Bonchev–Trinajstić information content (AvgIpc) is 3.19. The van der Waals surface area contributed by atoms with Crippen LogP contribution in [0.1, 0.15) is 44.9 Å². The maximum absolute atomic E-state index is 12.6. The normalized spacial score (nSPS) is 32.1. The minimum atomic E-state index is 0.327. The first-order valence-electron chi connectivity index (χ1n) is 8.78. The molecule has 1 amide bonds. The van der Waals surface area contributed by atoms with Crippen molar-refractivity contribution in [2.45, 2.75) is 51.0 Å². The molecule has 2 aliphatic heterocycles. The lowest BCUT2D eigenvalue weighted by Gasteiger charge is -2.33. The van der Waals surface area contributed by atoms with E-state index in [9.17, 15) is 4.79 Å². The predicted octanol–water partition coefficient (Wildman–Crippen LogP) is 1.71. The maximum Gasteiger partial charge on any atom is 0.226 e. The minimum Gasteiger partial charge on any atom is -0.345 e. The van der Waals surface area contributed by atoms with E-state index < -0.39 is 0 Å². The lowest BCUT2D eigenvalue weighted by atomic mass is 9.91. The first-order valence-corrected chi connectivity index (χ1v) is 8.78. The van der Waals surface area contributed by atoms with Gasteiger partial charge < -0.3 is 15.1 Å². The third-order valence-electron chi connectivity index (χ3n) is 6.18. The van der Waals surface area contributed by atoms with Gasteiger partial charge in [0.15, 0.2) is 0 Å². The highest BCUT2D eigenvalue weighted by atomic mass is 16.2. The van der Waals surface area contributed by atoms with Crippen LogP contribution in [0.3, 0.4) is 0 Å². The van der Waals surface area contributed by atoms with Crippen molar-refractivity contribution in [1.29, 1.82) is 0 Å². The third-order valence-corrected chi connectivity index (χ3v) is 6.18. The van der Waals surface area contributed by atoms with Crippen LogP contribution < -0.4 is 5.32 Å². The molecule has 2 heterocycles. The van der Waals surface area contributed by atoms with E-state index in [0.717, 1.165) is 32.5 Å². The summed E-state index contributed by atoms with van der Waals surface area (Å²) < 4.78 is 0. The van der Waals surface area contributed by atoms with Crippen molar-refractivity contribution >= 4 is 5.91 Å². The summed E-state index contributed by atoms with van der Waals surface area (Å²) in [6, 6.07) is 0.682. The Labute approximate surface area is 129 Å². The van der Waals surface area contributed by atoms with Crippen LogP contribution in [-0.2, 0) is 4.79 Å². The molecular weight excluding hydrogens is 262 g/mol. The lowest BCUT2D eigenvalue weighted by molar-refractivity contribution is -0.132. The Hall–Kier alpha value is -0.610. The molecule has 4 nitrogen and oxygen atoms in total. The molecule has 21 heavy (non-hydrogen) atoms. The van der Waals surface area contributed by atoms with E-state index in [2.05, 4.69) is 17.3 Å². The van der Waals surface area contributed by atoms with Gasteiger partial charge in [0.2, 0.25) is 5.91 Å². The largest absolute Gasteiger partial charge is 0.345 e. The minimum absolute atomic E-state index is 0.327. The standard InChI is InChI=1S/C17H31N3O/c1-19-11-4-3-5-14(19)6-12-20(2)16(21)15-13-17(15)7-9-18-10-8-17/h14-15,18H,3-13H2,1-2H3. The van der Waals surface area contributed by atoms with Crippen LogP contribution in [0.25, 0.3) is 0 Å². The number of likely N-dealkylation sites (tertiary alicyclic amines) is 1. The van der Waals surface area contributed by atoms with Gasteiger partial charge in [-0.15, -0.1) is 0 Å². The van der Waals surface area contributed by atoms with E-state index in [-0.39, 0.29) is 0 Å². The fraction of sp³-hybridized carbons (Fsp3) is 0.941. The summed E-state index contributed by atoms with van der Waals surface area (Å²) in [5.41, 5.74) is 0.373. The molecule has 4 heteroatoms. The maximum atomic E-state index is 12.6. The van der Waals surface area contributed by atoms with Gasteiger partial charge in [0.1, 0.15) is 0 Å². The van der Waals surface area contributed by atoms with Crippen LogP contribution in [-0.4, -0.2) is 62.0 Å². The number of piperidine rings is 2. The molecule has 2 atom stereocenters. The van der Waals surface area contributed by atoms with Gasteiger partial charge in [0.25, 0.3) is 0 Å². The zero-order chi connectivity index (χ0) is 14.9.